The minimum absolute atomic E-state index is 0.0845. The molecule has 1 unspecified atom stereocenters. The lowest BCUT2D eigenvalue weighted by Crippen LogP contribution is -2.31. The van der Waals surface area contributed by atoms with Gasteiger partial charge >= 0.3 is 0 Å². The highest BCUT2D eigenvalue weighted by Crippen LogP contribution is 2.43. The number of nitrogens with zero attached hydrogens (tertiary/aromatic N) is 1. The van der Waals surface area contributed by atoms with E-state index in [0.29, 0.717) is 43.4 Å². The van der Waals surface area contributed by atoms with Gasteiger partial charge in [-0.25, -0.2) is 0 Å². The highest BCUT2D eigenvalue weighted by molar-refractivity contribution is 6.46. The molecule has 2 N–H and O–H groups in total. The number of benzene rings is 2. The van der Waals surface area contributed by atoms with E-state index in [1.54, 1.807) is 30.2 Å². The number of aromatic amines is 1. The molecule has 0 bridgehead atoms. The van der Waals surface area contributed by atoms with E-state index in [-0.39, 0.29) is 11.3 Å². The lowest BCUT2D eigenvalue weighted by atomic mass is 9.93. The highest BCUT2D eigenvalue weighted by atomic mass is 16.5. The Kier molecular flexibility index (Phi) is 7.26. The maximum atomic E-state index is 13.3. The summed E-state index contributed by atoms with van der Waals surface area (Å²) in [6, 6.07) is 14.1. The molecular formula is C28H32N2O5. The van der Waals surface area contributed by atoms with Crippen molar-refractivity contribution in [2.24, 2.45) is 5.92 Å². The van der Waals surface area contributed by atoms with Gasteiger partial charge in [0.25, 0.3) is 11.7 Å². The van der Waals surface area contributed by atoms with Gasteiger partial charge in [-0.2, -0.15) is 0 Å². The number of aryl methyl sites for hydroxylation is 1. The number of methoxy groups -OCH3 is 1. The number of carbonyl (C=O) groups excluding carboxylic acids is 2. The van der Waals surface area contributed by atoms with E-state index >= 15 is 0 Å². The first-order chi connectivity index (χ1) is 16.8. The van der Waals surface area contributed by atoms with Crippen LogP contribution in [0.3, 0.4) is 0 Å². The summed E-state index contributed by atoms with van der Waals surface area (Å²) >= 11 is 0. The molecule has 7 nitrogen and oxygen atoms in total. The van der Waals surface area contributed by atoms with Gasteiger partial charge in [0.15, 0.2) is 0 Å². The Morgan fingerprint density at radius 2 is 1.91 bits per heavy atom. The maximum absolute atomic E-state index is 13.3. The Hall–Kier alpha value is -3.58. The second-order valence-corrected chi connectivity index (χ2v) is 9.28. The average Bonchev–Trinajstić information content (AvgIpc) is 3.30. The van der Waals surface area contributed by atoms with Gasteiger partial charge in [0.2, 0.25) is 0 Å². The fourth-order valence-corrected chi connectivity index (χ4v) is 4.59. The molecule has 1 fully saturated rings. The number of likely N-dealkylation sites (tertiary alicyclic amines) is 1. The standard InChI is InChI=1S/C28H32N2O5/c1-17(2)16-35-20-10-7-9-19(15-20)26(31)24-25(30(13-8-14-34-4)28(33)27(24)32)23-18(3)29-22-12-6-5-11-21(22)23/h5-7,9-12,15,17,25,29,31H,8,13-14,16H2,1-4H3/b26-24+. The summed E-state index contributed by atoms with van der Waals surface area (Å²) in [4.78, 5) is 31.4. The quantitative estimate of drug-likeness (QED) is 0.197. The predicted molar refractivity (Wildman–Crippen MR) is 135 cm³/mol. The van der Waals surface area contributed by atoms with E-state index in [2.05, 4.69) is 18.8 Å². The zero-order valence-corrected chi connectivity index (χ0v) is 20.6. The molecule has 0 radical (unpaired) electrons. The normalized spacial score (nSPS) is 17.6. The molecular weight excluding hydrogens is 444 g/mol. The molecule has 0 aliphatic carbocycles. The smallest absolute Gasteiger partial charge is 0.295 e. The molecule has 3 aromatic rings. The van der Waals surface area contributed by atoms with Crippen LogP contribution in [0.2, 0.25) is 0 Å². The molecule has 1 amide bonds. The van der Waals surface area contributed by atoms with Crippen LogP contribution < -0.4 is 4.74 Å². The molecule has 2 aromatic carbocycles. The number of ether oxygens (including phenoxy) is 2. The average molecular weight is 477 g/mol. The fourth-order valence-electron chi connectivity index (χ4n) is 4.59. The monoisotopic (exact) mass is 476 g/mol. The molecule has 7 heteroatoms. The zero-order valence-electron chi connectivity index (χ0n) is 20.6. The number of hydrogen-bond acceptors (Lipinski definition) is 5. The lowest BCUT2D eigenvalue weighted by molar-refractivity contribution is -0.140. The van der Waals surface area contributed by atoms with E-state index < -0.39 is 17.7 Å². The van der Waals surface area contributed by atoms with Gasteiger partial charge in [0.05, 0.1) is 18.2 Å². The van der Waals surface area contributed by atoms with Crippen molar-refractivity contribution < 1.29 is 24.2 Å². The van der Waals surface area contributed by atoms with Crippen LogP contribution in [0.1, 0.15) is 43.1 Å². The van der Waals surface area contributed by atoms with Gasteiger partial charge in [-0.1, -0.05) is 44.2 Å². The second kappa shape index (κ2) is 10.4. The maximum Gasteiger partial charge on any atom is 0.295 e. The van der Waals surface area contributed by atoms with Gasteiger partial charge in [-0.05, 0) is 37.5 Å². The van der Waals surface area contributed by atoms with E-state index in [1.807, 2.05) is 37.3 Å². The topological polar surface area (TPSA) is 91.9 Å². The number of aliphatic hydroxyl groups is 1. The third kappa shape index (κ3) is 4.82. The van der Waals surface area contributed by atoms with Crippen molar-refractivity contribution in [2.75, 3.05) is 26.9 Å². The summed E-state index contributed by atoms with van der Waals surface area (Å²) in [5, 5.41) is 12.3. The minimum Gasteiger partial charge on any atom is -0.507 e. The van der Waals surface area contributed by atoms with Crippen LogP contribution in [-0.2, 0) is 14.3 Å². The van der Waals surface area contributed by atoms with Crippen LogP contribution in [0.15, 0.2) is 54.1 Å². The number of hydrogen-bond donors (Lipinski definition) is 2. The number of aliphatic hydroxyl groups excluding tert-OH is 1. The fraction of sp³-hybridized carbons (Fsp3) is 0.357. The number of carbonyl (C=O) groups is 2. The summed E-state index contributed by atoms with van der Waals surface area (Å²) in [5.41, 5.74) is 3.08. The van der Waals surface area contributed by atoms with Crippen molar-refractivity contribution in [2.45, 2.75) is 33.2 Å². The number of fused-ring (bicyclic) bond motifs is 1. The van der Waals surface area contributed by atoms with Crippen molar-refractivity contribution >= 4 is 28.4 Å². The highest BCUT2D eigenvalue weighted by Gasteiger charge is 2.47. The number of para-hydroxylation sites is 1. The van der Waals surface area contributed by atoms with E-state index in [9.17, 15) is 14.7 Å². The van der Waals surface area contributed by atoms with Crippen LogP contribution in [0.4, 0.5) is 0 Å². The molecule has 1 aliphatic rings. The summed E-state index contributed by atoms with van der Waals surface area (Å²) in [7, 11) is 1.60. The van der Waals surface area contributed by atoms with E-state index in [1.165, 1.54) is 0 Å². The van der Waals surface area contributed by atoms with Crippen molar-refractivity contribution in [1.29, 1.82) is 0 Å². The summed E-state index contributed by atoms with van der Waals surface area (Å²) < 4.78 is 11.0. The molecule has 0 saturated carbocycles. The first-order valence-corrected chi connectivity index (χ1v) is 11.9. The van der Waals surface area contributed by atoms with Gasteiger partial charge in [-0.15, -0.1) is 0 Å². The molecule has 35 heavy (non-hydrogen) atoms. The van der Waals surface area contributed by atoms with Crippen LogP contribution in [0, 0.1) is 12.8 Å². The molecule has 1 saturated heterocycles. The van der Waals surface area contributed by atoms with Gasteiger partial charge in [0, 0.05) is 48.0 Å². The number of aromatic nitrogens is 1. The number of ketones is 1. The first kappa shape index (κ1) is 24.5. The van der Waals surface area contributed by atoms with Crippen molar-refractivity contribution in [3.05, 3.63) is 70.9 Å². The lowest BCUT2D eigenvalue weighted by Gasteiger charge is -2.25. The number of Topliss-reactive ketones (excluding diaryl/α,β-unsaturated/α-hetero) is 1. The third-order valence-electron chi connectivity index (χ3n) is 6.20. The molecule has 1 aromatic heterocycles. The molecule has 1 aliphatic heterocycles. The second-order valence-electron chi connectivity index (χ2n) is 9.28. The molecule has 2 heterocycles. The van der Waals surface area contributed by atoms with E-state index in [0.717, 1.165) is 22.2 Å². The van der Waals surface area contributed by atoms with Crippen LogP contribution >= 0.6 is 0 Å². The van der Waals surface area contributed by atoms with Gasteiger partial charge < -0.3 is 24.5 Å². The van der Waals surface area contributed by atoms with Crippen molar-refractivity contribution in [1.82, 2.24) is 9.88 Å². The SMILES string of the molecule is COCCCN1C(=O)C(=O)/C(=C(/O)c2cccc(OCC(C)C)c2)C1c1c(C)[nH]c2ccccc12. The van der Waals surface area contributed by atoms with Gasteiger partial charge in [0.1, 0.15) is 11.5 Å². The van der Waals surface area contributed by atoms with Crippen LogP contribution in [-0.4, -0.2) is 53.5 Å². The zero-order chi connectivity index (χ0) is 25.1. The Morgan fingerprint density at radius 3 is 2.66 bits per heavy atom. The van der Waals surface area contributed by atoms with Crippen molar-refractivity contribution in [3.8, 4) is 5.75 Å². The third-order valence-corrected chi connectivity index (χ3v) is 6.20. The molecule has 184 valence electrons. The Morgan fingerprint density at radius 1 is 1.14 bits per heavy atom. The number of amides is 1. The van der Waals surface area contributed by atoms with Crippen molar-refractivity contribution in [3.63, 3.8) is 0 Å². The minimum atomic E-state index is -0.719. The van der Waals surface area contributed by atoms with Crippen LogP contribution in [0.25, 0.3) is 16.7 Å². The summed E-state index contributed by atoms with van der Waals surface area (Å²) in [6.07, 6.45) is 0.569. The van der Waals surface area contributed by atoms with E-state index in [4.69, 9.17) is 9.47 Å². The number of rotatable bonds is 9. The molecule has 4 rings (SSSR count). The summed E-state index contributed by atoms with van der Waals surface area (Å²) in [6.45, 7) is 7.35. The van der Waals surface area contributed by atoms with Crippen LogP contribution in [0.5, 0.6) is 5.75 Å². The Bertz CT molecular complexity index is 1270. The first-order valence-electron chi connectivity index (χ1n) is 11.9. The molecule has 1 atom stereocenters. The predicted octanol–water partition coefficient (Wildman–Crippen LogP) is 4.97. The number of nitrogens with one attached hydrogen (secondary N) is 1. The number of H-pyrrole nitrogens is 1. The largest absolute Gasteiger partial charge is 0.507 e. The molecule has 0 spiro atoms. The Balaban J connectivity index is 1.86. The van der Waals surface area contributed by atoms with Gasteiger partial charge in [-0.3, -0.25) is 9.59 Å². The Labute approximate surface area is 205 Å². The summed E-state index contributed by atoms with van der Waals surface area (Å²) in [5.74, 6) is -0.582.